The number of benzene rings is 7. The summed E-state index contributed by atoms with van der Waals surface area (Å²) in [5.41, 5.74) is 13.3. The lowest BCUT2D eigenvalue weighted by molar-refractivity contribution is 0.0533. The normalized spacial score (nSPS) is 21.4. The monoisotopic (exact) mass is 726 g/mol. The summed E-state index contributed by atoms with van der Waals surface area (Å²) >= 11 is 1.91. The first-order valence-corrected chi connectivity index (χ1v) is 21.0. The van der Waals surface area contributed by atoms with Gasteiger partial charge >= 0.3 is 0 Å². The van der Waals surface area contributed by atoms with Crippen molar-refractivity contribution in [2.45, 2.75) is 44.4 Å². The molecule has 0 saturated heterocycles. The molecule has 2 aliphatic carbocycles. The van der Waals surface area contributed by atoms with Crippen LogP contribution >= 0.6 is 11.3 Å². The average molecular weight is 727 g/mol. The van der Waals surface area contributed by atoms with E-state index in [0.717, 1.165) is 5.92 Å². The Kier molecular flexibility index (Phi) is 6.87. The highest BCUT2D eigenvalue weighted by atomic mass is 32.1. The first-order chi connectivity index (χ1) is 27.2. The zero-order chi connectivity index (χ0) is 36.3. The maximum absolute atomic E-state index is 2.64. The molecule has 2 fully saturated rings. The maximum Gasteiger partial charge on any atom is 0.0584 e. The molecule has 3 heterocycles. The fraction of sp³-hybridized carbons (Fsp3) is 0.192. The van der Waals surface area contributed by atoms with E-state index in [9.17, 15) is 0 Å². The Morgan fingerprint density at radius 2 is 1.29 bits per heavy atom. The molecule has 0 N–H and O–H groups in total. The third kappa shape index (κ3) is 4.42. The van der Waals surface area contributed by atoms with Crippen molar-refractivity contribution in [3.63, 3.8) is 0 Å². The Morgan fingerprint density at radius 3 is 2.16 bits per heavy atom. The van der Waals surface area contributed by atoms with Crippen LogP contribution < -0.4 is 4.90 Å². The first kappa shape index (κ1) is 31.7. The Morgan fingerprint density at radius 1 is 0.582 bits per heavy atom. The molecule has 1 unspecified atom stereocenters. The SMILES string of the molecule is C[C@@H]1C[C@H]2CCC[C@@H](C1)C21c2ccccc2-n2c3ccccc3c3cc(N(c4ccccc4)c4cccc(-c5cccc6c5sc5ccccc56)c4)cc1c32. The van der Waals surface area contributed by atoms with Crippen molar-refractivity contribution in [3.05, 3.63) is 169 Å². The van der Waals surface area contributed by atoms with E-state index in [-0.39, 0.29) is 5.41 Å². The fourth-order valence-electron chi connectivity index (χ4n) is 11.7. The minimum absolute atomic E-state index is 0.0129. The van der Waals surface area contributed by atoms with Gasteiger partial charge in [0.25, 0.3) is 0 Å². The van der Waals surface area contributed by atoms with Gasteiger partial charge in [-0.2, -0.15) is 0 Å². The summed E-state index contributed by atoms with van der Waals surface area (Å²) in [7, 11) is 0. The number of nitrogens with zero attached hydrogens (tertiary/aromatic N) is 2. The van der Waals surface area contributed by atoms with Crippen LogP contribution in [0.3, 0.4) is 0 Å². The van der Waals surface area contributed by atoms with Gasteiger partial charge in [-0.1, -0.05) is 116 Å². The molecule has 0 amide bonds. The van der Waals surface area contributed by atoms with E-state index in [1.807, 2.05) is 11.3 Å². The Balaban J connectivity index is 1.14. The second kappa shape index (κ2) is 11.9. The predicted octanol–water partition coefficient (Wildman–Crippen LogP) is 14.7. The van der Waals surface area contributed by atoms with Crippen LogP contribution in [0.2, 0.25) is 0 Å². The highest BCUT2D eigenvalue weighted by molar-refractivity contribution is 7.26. The topological polar surface area (TPSA) is 8.17 Å². The maximum atomic E-state index is 2.64. The van der Waals surface area contributed by atoms with Crippen molar-refractivity contribution < 1.29 is 0 Å². The van der Waals surface area contributed by atoms with Crippen molar-refractivity contribution in [2.24, 2.45) is 17.8 Å². The van der Waals surface area contributed by atoms with Crippen molar-refractivity contribution in [1.29, 1.82) is 0 Å². The molecule has 1 spiro atoms. The highest BCUT2D eigenvalue weighted by Gasteiger charge is 2.56. The van der Waals surface area contributed by atoms with Crippen LogP contribution in [0.4, 0.5) is 17.1 Å². The van der Waals surface area contributed by atoms with Gasteiger partial charge in [-0.3, -0.25) is 0 Å². The van der Waals surface area contributed by atoms with Gasteiger partial charge in [-0.25, -0.2) is 0 Å². The summed E-state index contributed by atoms with van der Waals surface area (Å²) in [4.78, 5) is 2.53. The number of para-hydroxylation sites is 3. The van der Waals surface area contributed by atoms with E-state index in [1.54, 1.807) is 11.1 Å². The number of anilines is 3. The summed E-state index contributed by atoms with van der Waals surface area (Å²) in [5, 5.41) is 5.37. The number of hydrogen-bond acceptors (Lipinski definition) is 2. The van der Waals surface area contributed by atoms with Crippen LogP contribution in [0.1, 0.15) is 50.2 Å². The average Bonchev–Trinajstić information content (AvgIpc) is 3.77. The Labute approximate surface area is 326 Å². The van der Waals surface area contributed by atoms with Crippen LogP contribution in [0.25, 0.3) is 58.8 Å². The van der Waals surface area contributed by atoms with Gasteiger partial charge in [-0.15, -0.1) is 11.3 Å². The van der Waals surface area contributed by atoms with Gasteiger partial charge in [0.1, 0.15) is 0 Å². The molecule has 55 heavy (non-hydrogen) atoms. The van der Waals surface area contributed by atoms with E-state index < -0.39 is 0 Å². The number of rotatable bonds is 4. The molecule has 4 atom stereocenters. The van der Waals surface area contributed by atoms with E-state index in [4.69, 9.17) is 0 Å². The van der Waals surface area contributed by atoms with Gasteiger partial charge in [0.2, 0.25) is 0 Å². The molecule has 3 heteroatoms. The summed E-state index contributed by atoms with van der Waals surface area (Å²) in [6, 6.07) is 59.7. The third-order valence-electron chi connectivity index (χ3n) is 13.6. The molecular formula is C52H42N2S. The summed E-state index contributed by atoms with van der Waals surface area (Å²) in [6.45, 7) is 2.51. The Bertz CT molecular complexity index is 2950. The van der Waals surface area contributed by atoms with Crippen LogP contribution in [-0.2, 0) is 5.41 Å². The molecule has 2 bridgehead atoms. The fourth-order valence-corrected chi connectivity index (χ4v) is 12.9. The molecule has 1 aliphatic heterocycles. The smallest absolute Gasteiger partial charge is 0.0584 e. The first-order valence-electron chi connectivity index (χ1n) is 20.2. The van der Waals surface area contributed by atoms with E-state index in [0.29, 0.717) is 11.8 Å². The molecule has 2 nitrogen and oxygen atoms in total. The Hall–Kier alpha value is -5.64. The molecule has 2 saturated carbocycles. The minimum atomic E-state index is -0.0129. The van der Waals surface area contributed by atoms with Gasteiger partial charge in [-0.05, 0) is 120 Å². The predicted molar refractivity (Wildman–Crippen MR) is 234 cm³/mol. The number of thiophene rings is 1. The molecule has 2 aromatic heterocycles. The molecular weight excluding hydrogens is 685 g/mol. The quantitative estimate of drug-likeness (QED) is 0.175. The highest BCUT2D eigenvalue weighted by Crippen LogP contribution is 2.64. The van der Waals surface area contributed by atoms with E-state index in [2.05, 4.69) is 174 Å². The number of hydrogen-bond donors (Lipinski definition) is 0. The molecule has 266 valence electrons. The van der Waals surface area contributed by atoms with Crippen LogP contribution in [0.5, 0.6) is 0 Å². The van der Waals surface area contributed by atoms with Crippen LogP contribution in [-0.4, -0.2) is 4.57 Å². The summed E-state index contributed by atoms with van der Waals surface area (Å²) in [6.07, 6.45) is 6.53. The lowest BCUT2D eigenvalue weighted by Gasteiger charge is -2.57. The zero-order valence-electron chi connectivity index (χ0n) is 31.1. The molecule has 3 aliphatic rings. The van der Waals surface area contributed by atoms with Crippen molar-refractivity contribution in [2.75, 3.05) is 4.90 Å². The molecule has 0 radical (unpaired) electrons. The van der Waals surface area contributed by atoms with E-state index in [1.165, 1.54) is 108 Å². The summed E-state index contributed by atoms with van der Waals surface area (Å²) in [5.74, 6) is 2.00. The number of fused-ring (bicyclic) bond motifs is 8. The van der Waals surface area contributed by atoms with Crippen LogP contribution in [0.15, 0.2) is 158 Å². The van der Waals surface area contributed by atoms with Crippen molar-refractivity contribution >= 4 is 70.4 Å². The standard InChI is InChI=1S/C52H42N2S/c1-33-28-35-15-12-16-36(29-33)52(35)45-24-7-9-26-48(45)54-47-25-8-5-20-41(47)44-31-39(32-46(52)50(44)54)53(37-17-3-2-4-18-37)38-19-11-14-34(30-38)40-22-13-23-43-42-21-6-10-27-49(42)55-51(40)43/h2-11,13-14,17-27,30-33,35-36H,12,15-16,28-29H2,1H3/t33-,35-,36+,52?. The third-order valence-corrected chi connectivity index (χ3v) is 14.9. The van der Waals surface area contributed by atoms with Crippen molar-refractivity contribution in [1.82, 2.24) is 4.57 Å². The number of aromatic nitrogens is 1. The van der Waals surface area contributed by atoms with Gasteiger partial charge in [0, 0.05) is 53.4 Å². The zero-order valence-corrected chi connectivity index (χ0v) is 31.9. The van der Waals surface area contributed by atoms with E-state index >= 15 is 0 Å². The van der Waals surface area contributed by atoms with Gasteiger partial charge < -0.3 is 9.47 Å². The largest absolute Gasteiger partial charge is 0.310 e. The van der Waals surface area contributed by atoms with Gasteiger partial charge in [0.15, 0.2) is 0 Å². The van der Waals surface area contributed by atoms with Crippen molar-refractivity contribution in [3.8, 4) is 16.8 Å². The van der Waals surface area contributed by atoms with Gasteiger partial charge in [0.05, 0.1) is 16.7 Å². The minimum Gasteiger partial charge on any atom is -0.310 e. The summed E-state index contributed by atoms with van der Waals surface area (Å²) < 4.78 is 5.31. The lowest BCUT2D eigenvalue weighted by atomic mass is 9.47. The second-order valence-electron chi connectivity index (χ2n) is 16.5. The molecule has 9 aromatic rings. The molecule has 7 aromatic carbocycles. The molecule has 12 rings (SSSR count). The lowest BCUT2D eigenvalue weighted by Crippen LogP contribution is -2.52. The second-order valence-corrected chi connectivity index (χ2v) is 17.6. The van der Waals surface area contributed by atoms with Crippen LogP contribution in [0, 0.1) is 17.8 Å².